The van der Waals surface area contributed by atoms with Crippen molar-refractivity contribution >= 4 is 35.6 Å². The van der Waals surface area contributed by atoms with E-state index in [1.54, 1.807) is 0 Å². The first-order valence-electron chi connectivity index (χ1n) is 9.98. The van der Waals surface area contributed by atoms with Gasteiger partial charge in [-0.1, -0.05) is 90.9 Å². The Balaban J connectivity index is -0.000000372. The Labute approximate surface area is 171 Å². The summed E-state index contributed by atoms with van der Waals surface area (Å²) in [5, 5.41) is 16.7. The molecular formula is C20H40O4Te. The number of hydrogen-bond donors (Lipinski definition) is 2. The second-order valence-corrected chi connectivity index (χ2v) is 6.53. The van der Waals surface area contributed by atoms with E-state index in [4.69, 9.17) is 10.2 Å². The largest absolute Gasteiger partial charge is 0.481 e. The molecule has 0 bridgehead atoms. The second kappa shape index (κ2) is 26.0. The van der Waals surface area contributed by atoms with Gasteiger partial charge in [-0.2, -0.15) is 0 Å². The summed E-state index contributed by atoms with van der Waals surface area (Å²) in [7, 11) is 0. The molecule has 0 spiro atoms. The molecular weight excluding hydrogens is 432 g/mol. The number of unbranched alkanes of at least 4 members (excludes halogenated alkanes) is 12. The van der Waals surface area contributed by atoms with E-state index in [-0.39, 0.29) is 23.7 Å². The molecule has 4 nitrogen and oxygen atoms in total. The first-order chi connectivity index (χ1) is 11.5. The molecule has 0 aromatic heterocycles. The summed E-state index contributed by atoms with van der Waals surface area (Å²) in [5.41, 5.74) is 0. The molecule has 2 N–H and O–H groups in total. The summed E-state index contributed by atoms with van der Waals surface area (Å²) >= 11 is 0. The molecule has 0 amide bonds. The third-order valence-electron chi connectivity index (χ3n) is 3.99. The van der Waals surface area contributed by atoms with Crippen LogP contribution in [0.3, 0.4) is 0 Å². The number of carboxylic acids is 2. The Kier molecular flexibility index (Phi) is 30.6. The van der Waals surface area contributed by atoms with E-state index < -0.39 is 11.9 Å². The van der Waals surface area contributed by atoms with Gasteiger partial charge in [-0.15, -0.1) is 0 Å². The zero-order valence-corrected chi connectivity index (χ0v) is 18.8. The minimum absolute atomic E-state index is 0. The van der Waals surface area contributed by atoms with Crippen molar-refractivity contribution in [3.8, 4) is 0 Å². The van der Waals surface area contributed by atoms with Crippen LogP contribution in [0.25, 0.3) is 0 Å². The molecule has 25 heavy (non-hydrogen) atoms. The standard InChI is InChI=1S/2C10H20O2.Te/c2*1-2-3-4-5-6-7-8-9-10(11)12;/h2*2-9H2,1H3,(H,11,12);. The van der Waals surface area contributed by atoms with Gasteiger partial charge in [-0.25, -0.2) is 0 Å². The van der Waals surface area contributed by atoms with E-state index in [0.29, 0.717) is 12.8 Å². The second-order valence-electron chi connectivity index (χ2n) is 6.53. The van der Waals surface area contributed by atoms with Crippen molar-refractivity contribution in [2.45, 2.75) is 117 Å². The Morgan fingerprint density at radius 3 is 1.00 bits per heavy atom. The van der Waals surface area contributed by atoms with Crippen LogP contribution >= 0.6 is 0 Å². The predicted molar refractivity (Wildman–Crippen MR) is 106 cm³/mol. The van der Waals surface area contributed by atoms with Crippen LogP contribution in [0.5, 0.6) is 0 Å². The quantitative estimate of drug-likeness (QED) is 0.212. The van der Waals surface area contributed by atoms with Crippen molar-refractivity contribution < 1.29 is 19.8 Å². The maximum atomic E-state index is 10.1. The van der Waals surface area contributed by atoms with Gasteiger partial charge in [0.2, 0.25) is 0 Å². The molecule has 0 aliphatic rings. The maximum Gasteiger partial charge on any atom is 0.303 e. The Bertz CT molecular complexity index is 255. The van der Waals surface area contributed by atoms with Gasteiger partial charge in [0, 0.05) is 36.5 Å². The minimum Gasteiger partial charge on any atom is -0.481 e. The Morgan fingerprint density at radius 2 is 0.760 bits per heavy atom. The van der Waals surface area contributed by atoms with Crippen LogP contribution in [0.15, 0.2) is 0 Å². The number of carbonyl (C=O) groups is 2. The van der Waals surface area contributed by atoms with Crippen molar-refractivity contribution in [2.75, 3.05) is 0 Å². The van der Waals surface area contributed by atoms with Gasteiger partial charge in [0.15, 0.2) is 0 Å². The monoisotopic (exact) mass is 474 g/mol. The van der Waals surface area contributed by atoms with Crippen LogP contribution < -0.4 is 0 Å². The fourth-order valence-electron chi connectivity index (χ4n) is 2.47. The summed E-state index contributed by atoms with van der Waals surface area (Å²) < 4.78 is 0. The van der Waals surface area contributed by atoms with Crippen molar-refractivity contribution in [1.82, 2.24) is 0 Å². The molecule has 0 heterocycles. The van der Waals surface area contributed by atoms with Crippen LogP contribution in [0, 0.1) is 0 Å². The van der Waals surface area contributed by atoms with E-state index in [0.717, 1.165) is 25.7 Å². The fraction of sp³-hybridized carbons (Fsp3) is 0.900. The Hall–Kier alpha value is -0.270. The molecule has 0 aromatic carbocycles. The molecule has 5 heteroatoms. The molecule has 0 rings (SSSR count). The van der Waals surface area contributed by atoms with Crippen LogP contribution in [0.2, 0.25) is 0 Å². The van der Waals surface area contributed by atoms with E-state index in [9.17, 15) is 9.59 Å². The maximum absolute atomic E-state index is 10.1. The first-order valence-corrected chi connectivity index (χ1v) is 9.98. The summed E-state index contributed by atoms with van der Waals surface area (Å²) in [4.78, 5) is 20.3. The summed E-state index contributed by atoms with van der Waals surface area (Å²) in [6.07, 6.45) is 17.3. The van der Waals surface area contributed by atoms with Gasteiger partial charge >= 0.3 is 11.9 Å². The molecule has 0 fully saturated rings. The van der Waals surface area contributed by atoms with Gasteiger partial charge in [-0.3, -0.25) is 9.59 Å². The summed E-state index contributed by atoms with van der Waals surface area (Å²) in [5.74, 6) is -1.33. The smallest absolute Gasteiger partial charge is 0.303 e. The van der Waals surface area contributed by atoms with Gasteiger partial charge in [-0.05, 0) is 12.8 Å². The molecule has 0 unspecified atom stereocenters. The third-order valence-corrected chi connectivity index (χ3v) is 3.99. The van der Waals surface area contributed by atoms with Crippen LogP contribution in [-0.2, 0) is 9.59 Å². The summed E-state index contributed by atoms with van der Waals surface area (Å²) in [6.45, 7) is 4.40. The predicted octanol–water partition coefficient (Wildman–Crippen LogP) is 6.04. The van der Waals surface area contributed by atoms with E-state index in [1.165, 1.54) is 64.2 Å². The molecule has 0 atom stereocenters. The van der Waals surface area contributed by atoms with Crippen molar-refractivity contribution in [1.29, 1.82) is 0 Å². The molecule has 0 aliphatic heterocycles. The van der Waals surface area contributed by atoms with Gasteiger partial charge in [0.05, 0.1) is 0 Å². The zero-order valence-electron chi connectivity index (χ0n) is 16.4. The average molecular weight is 472 g/mol. The molecule has 0 saturated carbocycles. The number of aliphatic carboxylic acids is 2. The molecule has 150 valence electrons. The zero-order chi connectivity index (χ0) is 18.5. The van der Waals surface area contributed by atoms with Crippen molar-refractivity contribution in [2.24, 2.45) is 0 Å². The van der Waals surface area contributed by atoms with Gasteiger partial charge in [0.25, 0.3) is 0 Å². The average Bonchev–Trinajstić information content (AvgIpc) is 2.53. The van der Waals surface area contributed by atoms with E-state index >= 15 is 0 Å². The van der Waals surface area contributed by atoms with E-state index in [2.05, 4.69) is 13.8 Å². The van der Waals surface area contributed by atoms with Crippen LogP contribution in [-0.4, -0.2) is 45.8 Å². The molecule has 0 aromatic rings. The number of carboxylic acid groups (broad SMARTS) is 2. The van der Waals surface area contributed by atoms with Crippen LogP contribution in [0.4, 0.5) is 0 Å². The first kappa shape index (κ1) is 29.5. The summed E-state index contributed by atoms with van der Waals surface area (Å²) in [6, 6.07) is 0. The minimum atomic E-state index is -0.663. The molecule has 2 radical (unpaired) electrons. The number of hydrogen-bond acceptors (Lipinski definition) is 2. The fourth-order valence-corrected chi connectivity index (χ4v) is 2.47. The van der Waals surface area contributed by atoms with Gasteiger partial charge in [0.1, 0.15) is 0 Å². The molecule has 0 aliphatic carbocycles. The van der Waals surface area contributed by atoms with Crippen molar-refractivity contribution in [3.63, 3.8) is 0 Å². The van der Waals surface area contributed by atoms with Crippen molar-refractivity contribution in [3.05, 3.63) is 0 Å². The normalized spacial score (nSPS) is 9.68. The topological polar surface area (TPSA) is 74.6 Å². The number of rotatable bonds is 16. The Morgan fingerprint density at radius 1 is 0.520 bits per heavy atom. The molecule has 0 saturated heterocycles. The van der Waals surface area contributed by atoms with E-state index in [1.807, 2.05) is 0 Å². The van der Waals surface area contributed by atoms with Crippen LogP contribution in [0.1, 0.15) is 117 Å². The van der Waals surface area contributed by atoms with Gasteiger partial charge < -0.3 is 10.2 Å². The third kappa shape index (κ3) is 35.6. The SMILES string of the molecule is CCCCCCCCCC(=O)O.CCCCCCCCCC(=O)O.[Te].